The van der Waals surface area contributed by atoms with Crippen molar-refractivity contribution in [1.29, 1.82) is 0 Å². The number of hydrogen-bond donors (Lipinski definition) is 2. The Morgan fingerprint density at radius 2 is 1.89 bits per heavy atom. The van der Waals surface area contributed by atoms with Crippen molar-refractivity contribution in [3.8, 4) is 5.75 Å². The average Bonchev–Trinajstić information content (AvgIpc) is 2.65. The van der Waals surface area contributed by atoms with Crippen LogP contribution in [0.2, 0.25) is 0 Å². The minimum atomic E-state index is -0.504. The molecule has 0 saturated carbocycles. The Kier molecular flexibility index (Phi) is 10.5. The van der Waals surface area contributed by atoms with E-state index in [1.165, 1.54) is 5.56 Å². The van der Waals surface area contributed by atoms with Crippen LogP contribution in [-0.2, 0) is 4.79 Å². The summed E-state index contributed by atoms with van der Waals surface area (Å²) >= 11 is 5.26. The standard InChI is InChI=1S/C22H37N3O2S/c1-7-25(8-2)14-13-23-21(28)24-20(26)22(5,6)12-9-15-27-19-16-17(3)10-11-18(19)4/h10-11,16H,7-9,12-15H2,1-6H3,(H2,23,24,26,28). The number of hydrogen-bond acceptors (Lipinski definition) is 4. The van der Waals surface area contributed by atoms with Crippen LogP contribution in [0.4, 0.5) is 0 Å². The van der Waals surface area contributed by atoms with E-state index in [1.54, 1.807) is 0 Å². The molecule has 0 aromatic heterocycles. The zero-order valence-electron chi connectivity index (χ0n) is 18.4. The van der Waals surface area contributed by atoms with Gasteiger partial charge in [0.2, 0.25) is 5.91 Å². The molecule has 0 aliphatic rings. The van der Waals surface area contributed by atoms with E-state index < -0.39 is 5.41 Å². The zero-order valence-corrected chi connectivity index (χ0v) is 19.2. The van der Waals surface area contributed by atoms with Crippen LogP contribution in [0.25, 0.3) is 0 Å². The smallest absolute Gasteiger partial charge is 0.231 e. The molecule has 1 aromatic rings. The molecule has 5 nitrogen and oxygen atoms in total. The number of benzene rings is 1. The number of likely N-dealkylation sites (N-methyl/N-ethyl adjacent to an activating group) is 1. The van der Waals surface area contributed by atoms with Gasteiger partial charge in [-0.05, 0) is 69.2 Å². The van der Waals surface area contributed by atoms with Crippen molar-refractivity contribution in [2.45, 2.75) is 54.4 Å². The van der Waals surface area contributed by atoms with Crippen LogP contribution >= 0.6 is 12.2 Å². The van der Waals surface area contributed by atoms with Gasteiger partial charge in [0.05, 0.1) is 6.61 Å². The number of carbonyl (C=O) groups is 1. The van der Waals surface area contributed by atoms with Gasteiger partial charge in [0.15, 0.2) is 5.11 Å². The predicted octanol–water partition coefficient (Wildman–Crippen LogP) is 3.82. The second-order valence-electron chi connectivity index (χ2n) is 7.84. The molecule has 0 aliphatic carbocycles. The van der Waals surface area contributed by atoms with E-state index in [2.05, 4.69) is 54.5 Å². The van der Waals surface area contributed by atoms with Crippen molar-refractivity contribution >= 4 is 23.2 Å². The van der Waals surface area contributed by atoms with E-state index in [4.69, 9.17) is 17.0 Å². The summed E-state index contributed by atoms with van der Waals surface area (Å²) in [5.74, 6) is 0.861. The van der Waals surface area contributed by atoms with Crippen molar-refractivity contribution in [3.05, 3.63) is 29.3 Å². The Morgan fingerprint density at radius 3 is 2.54 bits per heavy atom. The van der Waals surface area contributed by atoms with Gasteiger partial charge >= 0.3 is 0 Å². The Bertz CT molecular complexity index is 643. The van der Waals surface area contributed by atoms with Crippen molar-refractivity contribution in [2.24, 2.45) is 5.41 Å². The predicted molar refractivity (Wildman–Crippen MR) is 121 cm³/mol. The van der Waals surface area contributed by atoms with Gasteiger partial charge in [-0.2, -0.15) is 0 Å². The van der Waals surface area contributed by atoms with Crippen molar-refractivity contribution in [2.75, 3.05) is 32.8 Å². The highest BCUT2D eigenvalue weighted by atomic mass is 32.1. The summed E-state index contributed by atoms with van der Waals surface area (Å²) in [6.07, 6.45) is 1.53. The summed E-state index contributed by atoms with van der Waals surface area (Å²) in [7, 11) is 0. The number of carbonyl (C=O) groups excluding carboxylic acids is 1. The molecule has 0 atom stereocenters. The van der Waals surface area contributed by atoms with E-state index in [9.17, 15) is 4.79 Å². The third kappa shape index (κ3) is 8.57. The molecular weight excluding hydrogens is 370 g/mol. The lowest BCUT2D eigenvalue weighted by molar-refractivity contribution is -0.128. The van der Waals surface area contributed by atoms with Gasteiger partial charge in [-0.1, -0.05) is 39.8 Å². The molecule has 0 aliphatic heterocycles. The fourth-order valence-electron chi connectivity index (χ4n) is 2.86. The maximum absolute atomic E-state index is 12.6. The quantitative estimate of drug-likeness (QED) is 0.431. The first-order valence-corrected chi connectivity index (χ1v) is 10.6. The van der Waals surface area contributed by atoms with Gasteiger partial charge in [-0.15, -0.1) is 0 Å². The molecule has 0 saturated heterocycles. The van der Waals surface area contributed by atoms with Gasteiger partial charge in [0.25, 0.3) is 0 Å². The molecule has 0 fully saturated rings. The number of ether oxygens (including phenoxy) is 1. The van der Waals surface area contributed by atoms with Crippen LogP contribution in [0.1, 0.15) is 51.7 Å². The van der Waals surface area contributed by atoms with Crippen LogP contribution in [0.5, 0.6) is 5.75 Å². The lowest BCUT2D eigenvalue weighted by atomic mass is 9.87. The molecule has 0 bridgehead atoms. The fourth-order valence-corrected chi connectivity index (χ4v) is 3.05. The number of nitrogens with zero attached hydrogens (tertiary/aromatic N) is 1. The Morgan fingerprint density at radius 1 is 1.21 bits per heavy atom. The minimum Gasteiger partial charge on any atom is -0.493 e. The molecule has 0 heterocycles. The van der Waals surface area contributed by atoms with Gasteiger partial charge in [-0.25, -0.2) is 0 Å². The summed E-state index contributed by atoms with van der Waals surface area (Å²) in [6, 6.07) is 6.19. The van der Waals surface area contributed by atoms with Crippen LogP contribution in [-0.4, -0.2) is 48.7 Å². The molecule has 6 heteroatoms. The molecule has 0 radical (unpaired) electrons. The number of aryl methyl sites for hydroxylation is 2. The van der Waals surface area contributed by atoms with E-state index in [0.29, 0.717) is 11.7 Å². The second-order valence-corrected chi connectivity index (χ2v) is 8.25. The first-order chi connectivity index (χ1) is 13.2. The molecule has 1 aromatic carbocycles. The van der Waals surface area contributed by atoms with Crippen LogP contribution in [0, 0.1) is 19.3 Å². The third-order valence-electron chi connectivity index (χ3n) is 5.00. The van der Waals surface area contributed by atoms with Crippen molar-refractivity contribution in [3.63, 3.8) is 0 Å². The fraction of sp³-hybridized carbons (Fsp3) is 0.636. The zero-order chi connectivity index (χ0) is 21.2. The van der Waals surface area contributed by atoms with Crippen LogP contribution in [0.3, 0.4) is 0 Å². The van der Waals surface area contributed by atoms with Crippen LogP contribution < -0.4 is 15.4 Å². The molecule has 1 amide bonds. The Labute approximate surface area is 176 Å². The van der Waals surface area contributed by atoms with Crippen molar-refractivity contribution in [1.82, 2.24) is 15.5 Å². The summed E-state index contributed by atoms with van der Waals surface area (Å²) in [5.41, 5.74) is 1.81. The molecule has 28 heavy (non-hydrogen) atoms. The molecule has 2 N–H and O–H groups in total. The lowest BCUT2D eigenvalue weighted by Crippen LogP contribution is -2.47. The van der Waals surface area contributed by atoms with E-state index in [-0.39, 0.29) is 5.91 Å². The summed E-state index contributed by atoms with van der Waals surface area (Å²) in [5, 5.41) is 6.35. The van der Waals surface area contributed by atoms with Crippen LogP contribution in [0.15, 0.2) is 18.2 Å². The van der Waals surface area contributed by atoms with Crippen molar-refractivity contribution < 1.29 is 9.53 Å². The van der Waals surface area contributed by atoms with E-state index >= 15 is 0 Å². The number of rotatable bonds is 11. The summed E-state index contributed by atoms with van der Waals surface area (Å²) in [6.45, 7) is 16.5. The van der Waals surface area contributed by atoms with Gasteiger partial charge in [0, 0.05) is 18.5 Å². The summed E-state index contributed by atoms with van der Waals surface area (Å²) in [4.78, 5) is 14.9. The lowest BCUT2D eigenvalue weighted by Gasteiger charge is -2.24. The second kappa shape index (κ2) is 12.0. The monoisotopic (exact) mass is 407 g/mol. The maximum Gasteiger partial charge on any atom is 0.231 e. The maximum atomic E-state index is 12.6. The Balaban J connectivity index is 2.35. The first kappa shape index (κ1) is 24.4. The van der Waals surface area contributed by atoms with E-state index in [1.807, 2.05) is 20.8 Å². The summed E-state index contributed by atoms with van der Waals surface area (Å²) < 4.78 is 5.90. The first-order valence-electron chi connectivity index (χ1n) is 10.2. The molecule has 158 valence electrons. The SMILES string of the molecule is CCN(CC)CCNC(=S)NC(=O)C(C)(C)CCCOc1cc(C)ccc1C. The largest absolute Gasteiger partial charge is 0.493 e. The molecule has 1 rings (SSSR count). The number of thiocarbonyl (C=S) groups is 1. The highest BCUT2D eigenvalue weighted by Gasteiger charge is 2.27. The highest BCUT2D eigenvalue weighted by molar-refractivity contribution is 7.80. The van der Waals surface area contributed by atoms with E-state index in [0.717, 1.165) is 50.3 Å². The van der Waals surface area contributed by atoms with Gasteiger partial charge in [-0.3, -0.25) is 4.79 Å². The average molecular weight is 408 g/mol. The molecular formula is C22H37N3O2S. The number of nitrogens with one attached hydrogen (secondary N) is 2. The highest BCUT2D eigenvalue weighted by Crippen LogP contribution is 2.24. The number of amides is 1. The topological polar surface area (TPSA) is 53.6 Å². The van der Waals surface area contributed by atoms with Gasteiger partial charge < -0.3 is 20.3 Å². The Hall–Kier alpha value is -1.66. The third-order valence-corrected chi connectivity index (χ3v) is 5.24. The molecule has 0 unspecified atom stereocenters. The minimum absolute atomic E-state index is 0.0559. The molecule has 0 spiro atoms. The van der Waals surface area contributed by atoms with Gasteiger partial charge in [0.1, 0.15) is 5.75 Å². The normalized spacial score (nSPS) is 11.4.